The number of sulfonamides is 1. The molecule has 0 radical (unpaired) electrons. The molecule has 0 atom stereocenters. The van der Waals surface area contributed by atoms with E-state index in [4.69, 9.17) is 18.6 Å². The first kappa shape index (κ1) is 23.8. The molecule has 12 heteroatoms. The van der Waals surface area contributed by atoms with Crippen molar-refractivity contribution >= 4 is 10.0 Å². The van der Waals surface area contributed by atoms with E-state index >= 15 is 0 Å². The summed E-state index contributed by atoms with van der Waals surface area (Å²) in [4.78, 5) is 13.3. The molecule has 1 fully saturated rings. The Morgan fingerprint density at radius 3 is 2.29 bits per heavy atom. The van der Waals surface area contributed by atoms with E-state index in [1.165, 1.54) is 28.6 Å². The van der Waals surface area contributed by atoms with E-state index < -0.39 is 10.0 Å². The van der Waals surface area contributed by atoms with E-state index in [0.717, 1.165) is 5.56 Å². The minimum atomic E-state index is -3.81. The molecule has 3 aromatic rings. The molecular formula is C22H26N4O7S. The Labute approximate surface area is 196 Å². The van der Waals surface area contributed by atoms with Crippen LogP contribution in [-0.4, -0.2) is 75.3 Å². The van der Waals surface area contributed by atoms with E-state index in [0.29, 0.717) is 55.7 Å². The van der Waals surface area contributed by atoms with Crippen molar-refractivity contribution in [3.8, 4) is 28.7 Å². The van der Waals surface area contributed by atoms with E-state index in [1.807, 2.05) is 12.1 Å². The molecule has 0 unspecified atom stereocenters. The zero-order valence-corrected chi connectivity index (χ0v) is 19.9. The number of aromatic nitrogens is 2. The topological polar surface area (TPSA) is 127 Å². The molecule has 4 rings (SSSR count). The second-order valence-electron chi connectivity index (χ2n) is 7.60. The van der Waals surface area contributed by atoms with Crippen LogP contribution in [0.15, 0.2) is 50.7 Å². The zero-order chi connectivity index (χ0) is 24.3. The lowest BCUT2D eigenvalue weighted by Crippen LogP contribution is -2.48. The summed E-state index contributed by atoms with van der Waals surface area (Å²) in [6, 6.07) is 9.42. The van der Waals surface area contributed by atoms with Crippen molar-refractivity contribution in [2.24, 2.45) is 0 Å². The van der Waals surface area contributed by atoms with Crippen molar-refractivity contribution in [1.82, 2.24) is 19.4 Å². The van der Waals surface area contributed by atoms with Gasteiger partial charge in [0.2, 0.25) is 10.8 Å². The third-order valence-corrected chi connectivity index (χ3v) is 7.39. The zero-order valence-electron chi connectivity index (χ0n) is 19.1. The van der Waals surface area contributed by atoms with E-state index in [2.05, 4.69) is 15.1 Å². The number of nitrogens with one attached hydrogen (secondary N) is 1. The maximum absolute atomic E-state index is 13.1. The predicted octanol–water partition coefficient (Wildman–Crippen LogP) is 1.56. The van der Waals surface area contributed by atoms with Gasteiger partial charge >= 0.3 is 0 Å². The van der Waals surface area contributed by atoms with Gasteiger partial charge < -0.3 is 18.6 Å². The molecule has 0 aliphatic carbocycles. The highest BCUT2D eigenvalue weighted by molar-refractivity contribution is 7.89. The maximum atomic E-state index is 13.1. The first-order valence-corrected chi connectivity index (χ1v) is 12.0. The van der Waals surface area contributed by atoms with Gasteiger partial charge in [-0.25, -0.2) is 13.5 Å². The van der Waals surface area contributed by atoms with Gasteiger partial charge in [0.25, 0.3) is 15.6 Å². The fourth-order valence-corrected chi connectivity index (χ4v) is 5.20. The van der Waals surface area contributed by atoms with Gasteiger partial charge in [-0.3, -0.25) is 9.69 Å². The molecule has 0 saturated carbocycles. The molecule has 1 N–H and O–H groups in total. The maximum Gasteiger partial charge on any atom is 0.276 e. The molecule has 3 heterocycles. The number of methoxy groups -OCH3 is 3. The van der Waals surface area contributed by atoms with Gasteiger partial charge in [0.05, 0.1) is 21.3 Å². The van der Waals surface area contributed by atoms with Gasteiger partial charge in [-0.1, -0.05) is 6.07 Å². The summed E-state index contributed by atoms with van der Waals surface area (Å²) in [5.41, 5.74) is 0.905. The Kier molecular flexibility index (Phi) is 6.91. The third kappa shape index (κ3) is 4.65. The molecule has 34 heavy (non-hydrogen) atoms. The van der Waals surface area contributed by atoms with Crippen LogP contribution >= 0.6 is 0 Å². The number of H-pyrrole nitrogens is 1. The summed E-state index contributed by atoms with van der Waals surface area (Å²) in [7, 11) is 0.890. The van der Waals surface area contributed by atoms with Crippen LogP contribution in [0.4, 0.5) is 0 Å². The summed E-state index contributed by atoms with van der Waals surface area (Å²) < 4.78 is 49.5. The Balaban J connectivity index is 1.44. The van der Waals surface area contributed by atoms with E-state index in [-0.39, 0.29) is 16.4 Å². The van der Waals surface area contributed by atoms with Gasteiger partial charge in [0.1, 0.15) is 5.69 Å². The third-order valence-electron chi connectivity index (χ3n) is 5.62. The van der Waals surface area contributed by atoms with Gasteiger partial charge in [-0.2, -0.15) is 9.40 Å². The van der Waals surface area contributed by atoms with Crippen LogP contribution in [0.5, 0.6) is 17.2 Å². The average molecular weight is 491 g/mol. The summed E-state index contributed by atoms with van der Waals surface area (Å²) in [6.45, 7) is 2.26. The SMILES string of the molecule is COc1ccc(CN2CCN(S(=O)(=O)c3ccc(-c4ccc(=O)[nH]n4)o3)CC2)c(OC)c1OC. The lowest BCUT2D eigenvalue weighted by molar-refractivity contribution is 0.178. The van der Waals surface area contributed by atoms with Crippen LogP contribution in [0.3, 0.4) is 0 Å². The van der Waals surface area contributed by atoms with Crippen molar-refractivity contribution in [3.63, 3.8) is 0 Å². The number of benzene rings is 1. The van der Waals surface area contributed by atoms with Crippen LogP contribution in [-0.2, 0) is 16.6 Å². The number of ether oxygens (including phenoxy) is 3. The van der Waals surface area contributed by atoms with E-state index in [1.54, 1.807) is 21.3 Å². The standard InChI is InChI=1S/C22H26N4O7S/c1-30-18-6-4-15(21(31-2)22(18)32-3)14-25-10-12-26(13-11-25)34(28,29)20-9-7-17(33-20)16-5-8-19(27)24-23-16/h4-9H,10-14H2,1-3H3,(H,24,27). The van der Waals surface area contributed by atoms with Crippen molar-refractivity contribution in [2.75, 3.05) is 47.5 Å². The van der Waals surface area contributed by atoms with E-state index in [9.17, 15) is 13.2 Å². The van der Waals surface area contributed by atoms with Crippen LogP contribution in [0.25, 0.3) is 11.5 Å². The Morgan fingerprint density at radius 1 is 0.941 bits per heavy atom. The first-order valence-electron chi connectivity index (χ1n) is 10.5. The lowest BCUT2D eigenvalue weighted by atomic mass is 10.1. The quantitative estimate of drug-likeness (QED) is 0.500. The van der Waals surface area contributed by atoms with Crippen LogP contribution < -0.4 is 19.8 Å². The molecule has 182 valence electrons. The Hall–Kier alpha value is -3.35. The van der Waals surface area contributed by atoms with Crippen LogP contribution in [0.2, 0.25) is 0 Å². The molecule has 2 aromatic heterocycles. The van der Waals surface area contributed by atoms with Crippen LogP contribution in [0.1, 0.15) is 5.56 Å². The number of nitrogens with zero attached hydrogens (tertiary/aromatic N) is 3. The Bertz CT molecular complexity index is 1290. The summed E-state index contributed by atoms with van der Waals surface area (Å²) in [6.07, 6.45) is 0. The predicted molar refractivity (Wildman–Crippen MR) is 123 cm³/mol. The van der Waals surface area contributed by atoms with Crippen LogP contribution in [0, 0.1) is 0 Å². The number of rotatable bonds is 8. The van der Waals surface area contributed by atoms with Crippen molar-refractivity contribution in [3.05, 3.63) is 52.3 Å². The van der Waals surface area contributed by atoms with Crippen molar-refractivity contribution in [1.29, 1.82) is 0 Å². The number of furan rings is 1. The highest BCUT2D eigenvalue weighted by Gasteiger charge is 2.31. The largest absolute Gasteiger partial charge is 0.493 e. The van der Waals surface area contributed by atoms with Crippen molar-refractivity contribution in [2.45, 2.75) is 11.6 Å². The van der Waals surface area contributed by atoms with Gasteiger partial charge in [-0.05, 0) is 24.3 Å². The first-order chi connectivity index (χ1) is 16.4. The lowest BCUT2D eigenvalue weighted by Gasteiger charge is -2.33. The molecule has 1 aliphatic rings. The number of hydrogen-bond donors (Lipinski definition) is 1. The average Bonchev–Trinajstić information content (AvgIpc) is 3.35. The van der Waals surface area contributed by atoms with Gasteiger partial charge in [0, 0.05) is 44.4 Å². The summed E-state index contributed by atoms with van der Waals surface area (Å²) in [5, 5.41) is 6.01. The number of hydrogen-bond acceptors (Lipinski definition) is 9. The Morgan fingerprint density at radius 2 is 1.68 bits per heavy atom. The second-order valence-corrected chi connectivity index (χ2v) is 9.47. The minimum Gasteiger partial charge on any atom is -0.493 e. The summed E-state index contributed by atoms with van der Waals surface area (Å²) >= 11 is 0. The minimum absolute atomic E-state index is 0.162. The number of piperazine rings is 1. The number of aromatic amines is 1. The summed E-state index contributed by atoms with van der Waals surface area (Å²) in [5.74, 6) is 1.95. The van der Waals surface area contributed by atoms with Crippen molar-refractivity contribution < 1.29 is 27.0 Å². The second kappa shape index (κ2) is 9.87. The highest BCUT2D eigenvalue weighted by atomic mass is 32.2. The van der Waals surface area contributed by atoms with Gasteiger partial charge in [0.15, 0.2) is 17.3 Å². The molecule has 1 aliphatic heterocycles. The molecule has 0 amide bonds. The molecule has 0 spiro atoms. The fraction of sp³-hybridized carbons (Fsp3) is 0.364. The molecule has 1 aromatic carbocycles. The molecule has 11 nitrogen and oxygen atoms in total. The highest BCUT2D eigenvalue weighted by Crippen LogP contribution is 2.40. The fourth-order valence-electron chi connectivity index (χ4n) is 3.86. The molecule has 1 saturated heterocycles. The molecular weight excluding hydrogens is 464 g/mol. The van der Waals surface area contributed by atoms with Gasteiger partial charge in [-0.15, -0.1) is 0 Å². The molecule has 0 bridgehead atoms. The monoisotopic (exact) mass is 490 g/mol. The smallest absolute Gasteiger partial charge is 0.276 e. The normalized spacial score (nSPS) is 15.3.